The van der Waals surface area contributed by atoms with Crippen molar-refractivity contribution in [3.05, 3.63) is 33.1 Å². The zero-order valence-electron chi connectivity index (χ0n) is 14.2. The maximum atomic E-state index is 14.9. The molecule has 1 fully saturated rings. The van der Waals surface area contributed by atoms with E-state index in [1.165, 1.54) is 0 Å². The fourth-order valence-corrected chi connectivity index (χ4v) is 3.50. The van der Waals surface area contributed by atoms with Gasteiger partial charge in [-0.2, -0.15) is 0 Å². The van der Waals surface area contributed by atoms with E-state index in [1.54, 1.807) is 0 Å². The highest BCUT2D eigenvalue weighted by atomic mass is 31.2. The molecule has 0 aliphatic carbocycles. The molecule has 1 aliphatic rings. The fourth-order valence-electron chi connectivity index (χ4n) is 2.47. The number of aliphatic hydroxyl groups is 1. The molecule has 1 aromatic heterocycles. The predicted molar refractivity (Wildman–Crippen MR) is 86.8 cm³/mol. The molecule has 0 saturated carbocycles. The van der Waals surface area contributed by atoms with Gasteiger partial charge in [0.05, 0.1) is 6.61 Å². The van der Waals surface area contributed by atoms with Gasteiger partial charge in [0.25, 0.3) is 5.56 Å². The van der Waals surface area contributed by atoms with Crippen LogP contribution in [0.3, 0.4) is 0 Å². The number of H-pyrrole nitrogens is 1. The van der Waals surface area contributed by atoms with Crippen molar-refractivity contribution in [2.24, 2.45) is 0 Å². The third-order valence-electron chi connectivity index (χ3n) is 3.96. The Hall–Kier alpha value is -1.89. The van der Waals surface area contributed by atoms with Crippen LogP contribution in [0.5, 0.6) is 0 Å². The molecule has 1 aromatic rings. The van der Waals surface area contributed by atoms with Gasteiger partial charge in [0, 0.05) is 12.3 Å². The molecule has 152 valence electrons. The smallest absolute Gasteiger partial charge is 0.403 e. The molecule has 2 unspecified atom stereocenters. The molecule has 0 spiro atoms. The quantitative estimate of drug-likeness (QED) is 0.339. The van der Waals surface area contributed by atoms with E-state index in [9.17, 15) is 33.3 Å². The average Bonchev–Trinajstić information content (AvgIpc) is 2.76. The maximum absolute atomic E-state index is 14.9. The topological polar surface area (TPSA) is 180 Å². The van der Waals surface area contributed by atoms with E-state index in [0.29, 0.717) is 4.57 Å². The molecule has 0 bridgehead atoms. The van der Waals surface area contributed by atoms with E-state index >= 15 is 0 Å². The number of carboxylic acid groups (broad SMARTS) is 1. The summed E-state index contributed by atoms with van der Waals surface area (Å²) in [6.07, 6.45) is -3.97. The Morgan fingerprint density at radius 1 is 1.59 bits per heavy atom. The van der Waals surface area contributed by atoms with E-state index in [1.807, 2.05) is 10.1 Å². The Labute approximate surface area is 151 Å². The van der Waals surface area contributed by atoms with Crippen molar-refractivity contribution in [1.82, 2.24) is 14.6 Å². The van der Waals surface area contributed by atoms with Crippen LogP contribution in [-0.4, -0.2) is 61.2 Å². The standard InChI is InChI=1S/C13H19FN3O9P/c1-6(10(20)21)16-27(23,24)25-5-7-9(19)13(2,14)11(26-7)17-4-3-8(18)15-12(17)22/h3-4,6-7,9,11,19H,5H2,1-2H3,(H,20,21)(H,15,18,22)(H2,16,23,24)/t6-,7+,9+,11?,13+/m0/s1. The van der Waals surface area contributed by atoms with E-state index < -0.39 is 61.7 Å². The summed E-state index contributed by atoms with van der Waals surface area (Å²) in [4.78, 5) is 45.2. The number of rotatable bonds is 7. The molecule has 6 atom stereocenters. The summed E-state index contributed by atoms with van der Waals surface area (Å²) >= 11 is 0. The summed E-state index contributed by atoms with van der Waals surface area (Å²) in [5.41, 5.74) is -4.19. The van der Waals surface area contributed by atoms with E-state index in [2.05, 4.69) is 4.52 Å². The second kappa shape index (κ2) is 7.62. The van der Waals surface area contributed by atoms with Gasteiger partial charge in [-0.15, -0.1) is 0 Å². The molecule has 1 aliphatic heterocycles. The van der Waals surface area contributed by atoms with Gasteiger partial charge in [-0.25, -0.2) is 18.8 Å². The highest BCUT2D eigenvalue weighted by Gasteiger charge is 2.55. The van der Waals surface area contributed by atoms with Crippen LogP contribution in [0, 0.1) is 0 Å². The van der Waals surface area contributed by atoms with Crippen LogP contribution >= 0.6 is 7.75 Å². The second-order valence-electron chi connectivity index (χ2n) is 6.15. The summed E-state index contributed by atoms with van der Waals surface area (Å²) in [6.45, 7) is 1.28. The molecule has 27 heavy (non-hydrogen) atoms. The van der Waals surface area contributed by atoms with Gasteiger partial charge in [0.1, 0.15) is 18.2 Å². The predicted octanol–water partition coefficient (Wildman–Crippen LogP) is -1.30. The normalized spacial score (nSPS) is 31.4. The maximum Gasteiger partial charge on any atom is 0.403 e. The minimum Gasteiger partial charge on any atom is -0.480 e. The zero-order chi connectivity index (χ0) is 20.6. The number of aliphatic hydroxyl groups excluding tert-OH is 1. The lowest BCUT2D eigenvalue weighted by Crippen LogP contribution is -2.43. The highest BCUT2D eigenvalue weighted by Crippen LogP contribution is 2.43. The molecule has 1 saturated heterocycles. The Kier molecular flexibility index (Phi) is 6.04. The van der Waals surface area contributed by atoms with Crippen molar-refractivity contribution < 1.29 is 38.1 Å². The minimum absolute atomic E-state index is 0.713. The first kappa shape index (κ1) is 21.4. The van der Waals surface area contributed by atoms with Gasteiger partial charge < -0.3 is 19.8 Å². The number of ether oxygens (including phenoxy) is 1. The first-order valence-electron chi connectivity index (χ1n) is 7.67. The van der Waals surface area contributed by atoms with Crippen LogP contribution in [0.1, 0.15) is 20.1 Å². The number of hydrogen-bond acceptors (Lipinski definition) is 7. The molecular weight excluding hydrogens is 392 g/mol. The number of alkyl halides is 1. The Bertz CT molecular complexity index is 869. The second-order valence-corrected chi connectivity index (χ2v) is 7.70. The molecule has 2 heterocycles. The highest BCUT2D eigenvalue weighted by molar-refractivity contribution is 7.50. The van der Waals surface area contributed by atoms with Crippen LogP contribution in [0.4, 0.5) is 4.39 Å². The molecule has 5 N–H and O–H groups in total. The number of hydrogen-bond donors (Lipinski definition) is 5. The van der Waals surface area contributed by atoms with Gasteiger partial charge in [0.2, 0.25) is 0 Å². The summed E-state index contributed by atoms with van der Waals surface area (Å²) in [6, 6.07) is -0.454. The van der Waals surface area contributed by atoms with Crippen LogP contribution in [0.2, 0.25) is 0 Å². The van der Waals surface area contributed by atoms with Gasteiger partial charge >= 0.3 is 19.4 Å². The minimum atomic E-state index is -4.59. The first-order chi connectivity index (χ1) is 12.3. The number of carbonyl (C=O) groups is 1. The molecule has 0 radical (unpaired) electrons. The molecule has 0 aromatic carbocycles. The number of aromatic amines is 1. The molecule has 12 nitrogen and oxygen atoms in total. The third-order valence-corrected chi connectivity index (χ3v) is 5.17. The summed E-state index contributed by atoms with van der Waals surface area (Å²) in [7, 11) is -4.59. The van der Waals surface area contributed by atoms with E-state index in [0.717, 1.165) is 26.1 Å². The fraction of sp³-hybridized carbons (Fsp3) is 0.615. The summed E-state index contributed by atoms with van der Waals surface area (Å²) in [5.74, 6) is -1.40. The first-order valence-corrected chi connectivity index (χ1v) is 9.25. The molecule has 2 rings (SSSR count). The van der Waals surface area contributed by atoms with Crippen LogP contribution in [-0.2, 0) is 18.6 Å². The van der Waals surface area contributed by atoms with Gasteiger partial charge in [0.15, 0.2) is 11.9 Å². The number of halogens is 1. The number of nitrogens with zero attached hydrogens (tertiary/aromatic N) is 1. The lowest BCUT2D eigenvalue weighted by molar-refractivity contribution is -0.138. The van der Waals surface area contributed by atoms with Crippen molar-refractivity contribution in [3.63, 3.8) is 0 Å². The van der Waals surface area contributed by atoms with Crippen molar-refractivity contribution >= 4 is 13.7 Å². The van der Waals surface area contributed by atoms with Crippen LogP contribution in [0.15, 0.2) is 21.9 Å². The van der Waals surface area contributed by atoms with Gasteiger partial charge in [-0.3, -0.25) is 23.7 Å². The SMILES string of the molecule is C[C@H](NP(=O)(O)OC[C@H]1OC(n2ccc(=O)[nH]c2=O)[C@](C)(F)[C@@H]1O)C(=O)O. The summed E-state index contributed by atoms with van der Waals surface area (Å²) in [5, 5.41) is 20.7. The van der Waals surface area contributed by atoms with E-state index in [-0.39, 0.29) is 0 Å². The Balaban J connectivity index is 2.14. The largest absolute Gasteiger partial charge is 0.480 e. The summed E-state index contributed by atoms with van der Waals surface area (Å²) < 4.78 is 37.4. The Morgan fingerprint density at radius 2 is 2.22 bits per heavy atom. The van der Waals surface area contributed by atoms with Crippen molar-refractivity contribution in [3.8, 4) is 0 Å². The molecular formula is C13H19FN3O9P. The van der Waals surface area contributed by atoms with Gasteiger partial charge in [-0.1, -0.05) is 0 Å². The van der Waals surface area contributed by atoms with E-state index in [4.69, 9.17) is 9.84 Å². The van der Waals surface area contributed by atoms with Gasteiger partial charge in [-0.05, 0) is 13.8 Å². The van der Waals surface area contributed by atoms with Crippen molar-refractivity contribution in [2.75, 3.05) is 6.61 Å². The molecule has 0 amide bonds. The number of carboxylic acids is 1. The monoisotopic (exact) mass is 411 g/mol. The molecule has 14 heteroatoms. The Morgan fingerprint density at radius 3 is 2.78 bits per heavy atom. The number of aromatic nitrogens is 2. The lowest BCUT2D eigenvalue weighted by atomic mass is 9.98. The van der Waals surface area contributed by atoms with Crippen molar-refractivity contribution in [1.29, 1.82) is 0 Å². The zero-order valence-corrected chi connectivity index (χ0v) is 15.1. The van der Waals surface area contributed by atoms with Crippen LogP contribution in [0.25, 0.3) is 0 Å². The van der Waals surface area contributed by atoms with Crippen molar-refractivity contribution in [2.45, 2.75) is 44.0 Å². The lowest BCUT2D eigenvalue weighted by Gasteiger charge is -2.24. The average molecular weight is 411 g/mol. The third kappa shape index (κ3) is 4.69. The van der Waals surface area contributed by atoms with Crippen LogP contribution < -0.4 is 16.3 Å². The number of nitrogens with one attached hydrogen (secondary N) is 2. The number of aliphatic carboxylic acids is 1.